The minimum atomic E-state index is -0.460. The molecule has 4 heteroatoms. The number of aliphatic hydroxyl groups is 1. The van der Waals surface area contributed by atoms with Gasteiger partial charge in [-0.05, 0) is 33.9 Å². The summed E-state index contributed by atoms with van der Waals surface area (Å²) in [6.45, 7) is 5.78. The van der Waals surface area contributed by atoms with Crippen molar-refractivity contribution in [3.05, 3.63) is 0 Å². The summed E-state index contributed by atoms with van der Waals surface area (Å²) in [7, 11) is 1.50. The highest BCUT2D eigenvalue weighted by atomic mass is 16.3. The normalized spacial score (nSPS) is 28.1. The minimum Gasteiger partial charge on any atom is -0.391 e. The van der Waals surface area contributed by atoms with Crippen LogP contribution in [0.15, 0.2) is 0 Å². The van der Waals surface area contributed by atoms with Crippen molar-refractivity contribution in [2.45, 2.75) is 32.4 Å². The van der Waals surface area contributed by atoms with Gasteiger partial charge in [-0.25, -0.2) is 0 Å². The fourth-order valence-corrected chi connectivity index (χ4v) is 1.60. The molecule has 0 radical (unpaired) electrons. The zero-order valence-corrected chi connectivity index (χ0v) is 9.31. The van der Waals surface area contributed by atoms with E-state index in [0.29, 0.717) is 12.6 Å². The van der Waals surface area contributed by atoms with E-state index in [-0.39, 0.29) is 5.92 Å². The van der Waals surface area contributed by atoms with Gasteiger partial charge in [-0.1, -0.05) is 0 Å². The number of carbonyl (C=O) groups excluding carboxylic acids is 1. The summed E-state index contributed by atoms with van der Waals surface area (Å²) in [5, 5.41) is 9.52. The van der Waals surface area contributed by atoms with E-state index in [1.807, 2.05) is 0 Å². The summed E-state index contributed by atoms with van der Waals surface area (Å²) in [6.07, 6.45) is 1.21. The van der Waals surface area contributed by atoms with Crippen molar-refractivity contribution in [2.75, 3.05) is 20.1 Å². The first-order valence-corrected chi connectivity index (χ1v) is 5.10. The lowest BCUT2D eigenvalue weighted by molar-refractivity contribution is -0.117. The van der Waals surface area contributed by atoms with Crippen LogP contribution in [0.1, 0.15) is 20.3 Å². The second-order valence-corrected chi connectivity index (χ2v) is 3.74. The molecule has 0 aromatic heterocycles. The summed E-state index contributed by atoms with van der Waals surface area (Å²) in [5.74, 6) is -0.139. The van der Waals surface area contributed by atoms with Crippen molar-refractivity contribution in [1.82, 2.24) is 4.90 Å². The minimum absolute atomic E-state index is 0.139. The van der Waals surface area contributed by atoms with E-state index in [1.165, 1.54) is 7.05 Å². The fraction of sp³-hybridized carbons (Fsp3) is 0.900. The van der Waals surface area contributed by atoms with Crippen LogP contribution >= 0.6 is 0 Å². The Kier molecular flexibility index (Phi) is 6.70. The maximum absolute atomic E-state index is 10.5. The zero-order chi connectivity index (χ0) is 11.1. The molecule has 0 aromatic carbocycles. The molecule has 0 saturated carbocycles. The number of nitrogens with zero attached hydrogens (tertiary/aromatic N) is 1. The number of rotatable bonds is 2. The van der Waals surface area contributed by atoms with Crippen molar-refractivity contribution in [3.63, 3.8) is 0 Å². The summed E-state index contributed by atoms with van der Waals surface area (Å²) in [6, 6.07) is 0.465. The van der Waals surface area contributed by atoms with E-state index in [0.717, 1.165) is 19.3 Å². The molecule has 1 fully saturated rings. The van der Waals surface area contributed by atoms with E-state index < -0.39 is 6.10 Å². The lowest BCUT2D eigenvalue weighted by Crippen LogP contribution is -2.47. The average molecular weight is 202 g/mol. The quantitative estimate of drug-likeness (QED) is 0.611. The Morgan fingerprint density at radius 3 is 2.43 bits per heavy atom. The maximum Gasteiger partial charge on any atom is 0.125 e. The van der Waals surface area contributed by atoms with Gasteiger partial charge in [-0.15, -0.1) is 0 Å². The third-order valence-electron chi connectivity index (χ3n) is 2.57. The second-order valence-electron chi connectivity index (χ2n) is 3.74. The van der Waals surface area contributed by atoms with Crippen molar-refractivity contribution in [3.8, 4) is 0 Å². The van der Waals surface area contributed by atoms with E-state index >= 15 is 0 Å². The molecule has 2 unspecified atom stereocenters. The molecule has 1 saturated heterocycles. The topological polar surface area (TPSA) is 66.6 Å². The smallest absolute Gasteiger partial charge is 0.125 e. The number of hydrogen-bond donors (Lipinski definition) is 2. The molecule has 0 spiro atoms. The summed E-state index contributed by atoms with van der Waals surface area (Å²) in [5.41, 5.74) is 4.50. The van der Waals surface area contributed by atoms with Gasteiger partial charge < -0.3 is 15.6 Å². The van der Waals surface area contributed by atoms with Crippen molar-refractivity contribution in [1.29, 1.82) is 0 Å². The highest BCUT2D eigenvalue weighted by Crippen LogP contribution is 2.17. The molecule has 1 rings (SSSR count). The summed E-state index contributed by atoms with van der Waals surface area (Å²) < 4.78 is 0. The molecule has 1 heterocycles. The number of β-amino-alcohol motifs (C(OH)–C–C–N with tert-alkyl or cyclic N) is 1. The van der Waals surface area contributed by atoms with Gasteiger partial charge in [-0.2, -0.15) is 0 Å². The molecule has 4 nitrogen and oxygen atoms in total. The number of aliphatic hydroxyl groups excluding tert-OH is 1. The molecule has 84 valence electrons. The molecule has 2 atom stereocenters. The van der Waals surface area contributed by atoms with Crippen LogP contribution in [0.25, 0.3) is 0 Å². The Labute approximate surface area is 86.1 Å². The van der Waals surface area contributed by atoms with E-state index in [4.69, 9.17) is 0 Å². The standard InChI is InChI=1S/C9H17NO2.CH5N/c1-7(2)10-4-3-8(6-11)9(12)5-10;1-2/h6-9,12H,3-5H2,1-2H3;2H2,1H3. The van der Waals surface area contributed by atoms with Crippen LogP contribution in [0.3, 0.4) is 0 Å². The van der Waals surface area contributed by atoms with Gasteiger partial charge in [0.2, 0.25) is 0 Å². The Morgan fingerprint density at radius 2 is 2.07 bits per heavy atom. The number of nitrogens with two attached hydrogens (primary N) is 1. The lowest BCUT2D eigenvalue weighted by Gasteiger charge is -2.35. The molecule has 0 aliphatic carbocycles. The molecule has 1 aliphatic rings. The number of carbonyl (C=O) groups is 1. The van der Waals surface area contributed by atoms with Gasteiger partial charge in [0, 0.05) is 18.5 Å². The predicted octanol–water partition coefficient (Wildman–Crippen LogP) is -0.149. The van der Waals surface area contributed by atoms with Crippen LogP contribution in [-0.2, 0) is 4.79 Å². The van der Waals surface area contributed by atoms with Crippen molar-refractivity contribution >= 4 is 6.29 Å². The summed E-state index contributed by atoms with van der Waals surface area (Å²) in [4.78, 5) is 12.7. The van der Waals surface area contributed by atoms with Gasteiger partial charge in [-0.3, -0.25) is 4.90 Å². The second kappa shape index (κ2) is 6.92. The number of hydrogen-bond acceptors (Lipinski definition) is 4. The van der Waals surface area contributed by atoms with E-state index in [1.54, 1.807) is 0 Å². The van der Waals surface area contributed by atoms with Crippen LogP contribution < -0.4 is 5.73 Å². The predicted molar refractivity (Wildman–Crippen MR) is 57.0 cm³/mol. The molecule has 0 bridgehead atoms. The van der Waals surface area contributed by atoms with Gasteiger partial charge in [0.05, 0.1) is 6.10 Å². The van der Waals surface area contributed by atoms with Crippen LogP contribution in [0, 0.1) is 5.92 Å². The maximum atomic E-state index is 10.5. The third kappa shape index (κ3) is 3.74. The van der Waals surface area contributed by atoms with Gasteiger partial charge in [0.1, 0.15) is 6.29 Å². The highest BCUT2D eigenvalue weighted by Gasteiger charge is 2.27. The molecular formula is C10H22N2O2. The average Bonchev–Trinajstić information content (AvgIpc) is 2.20. The van der Waals surface area contributed by atoms with Crippen LogP contribution in [-0.4, -0.2) is 48.6 Å². The Morgan fingerprint density at radius 1 is 1.50 bits per heavy atom. The van der Waals surface area contributed by atoms with Crippen molar-refractivity contribution in [2.24, 2.45) is 11.7 Å². The first-order chi connectivity index (χ1) is 6.65. The Balaban J connectivity index is 0.000000791. The Bertz CT molecular complexity index is 162. The van der Waals surface area contributed by atoms with E-state index in [2.05, 4.69) is 24.5 Å². The van der Waals surface area contributed by atoms with Crippen LogP contribution in [0.2, 0.25) is 0 Å². The number of piperidine rings is 1. The van der Waals surface area contributed by atoms with Gasteiger partial charge >= 0.3 is 0 Å². The van der Waals surface area contributed by atoms with Gasteiger partial charge in [0.25, 0.3) is 0 Å². The number of aldehydes is 1. The molecule has 1 aliphatic heterocycles. The SMILES string of the molecule is CC(C)N1CCC(C=O)C(O)C1.CN. The molecule has 3 N–H and O–H groups in total. The lowest BCUT2D eigenvalue weighted by atomic mass is 9.95. The van der Waals surface area contributed by atoms with Crippen LogP contribution in [0.4, 0.5) is 0 Å². The fourth-order valence-electron chi connectivity index (χ4n) is 1.60. The zero-order valence-electron chi connectivity index (χ0n) is 9.31. The third-order valence-corrected chi connectivity index (χ3v) is 2.57. The first-order valence-electron chi connectivity index (χ1n) is 5.10. The summed E-state index contributed by atoms with van der Waals surface area (Å²) >= 11 is 0. The number of likely N-dealkylation sites (tertiary alicyclic amines) is 1. The molecule has 14 heavy (non-hydrogen) atoms. The van der Waals surface area contributed by atoms with E-state index in [9.17, 15) is 9.90 Å². The largest absolute Gasteiger partial charge is 0.391 e. The Hall–Kier alpha value is -0.450. The van der Waals surface area contributed by atoms with Crippen molar-refractivity contribution < 1.29 is 9.90 Å². The monoisotopic (exact) mass is 202 g/mol. The highest BCUT2D eigenvalue weighted by molar-refractivity contribution is 5.54. The molecular weight excluding hydrogens is 180 g/mol. The molecule has 0 amide bonds. The van der Waals surface area contributed by atoms with Crippen LogP contribution in [0.5, 0.6) is 0 Å². The first kappa shape index (κ1) is 13.5. The van der Waals surface area contributed by atoms with Gasteiger partial charge in [0.15, 0.2) is 0 Å². The molecule has 0 aromatic rings.